The molecule has 0 aliphatic heterocycles. The second-order valence-electron chi connectivity index (χ2n) is 8.01. The standard InChI is InChI=1S/C28H24FN3O/c1-19(22-10-4-3-5-11-22)31-28(33)23(17-30)16-26-20(2)32(27-14-7-6-13-25(26)27)18-21-9-8-12-24(29)15-21/h3-16,19H,18H2,1-2H3,(H,31,33)/b23-16+/t19-/m0/s1. The summed E-state index contributed by atoms with van der Waals surface area (Å²) in [5.74, 6) is -0.701. The number of nitrogens with zero attached hydrogens (tertiary/aromatic N) is 2. The molecule has 3 aromatic carbocycles. The van der Waals surface area contributed by atoms with Gasteiger partial charge in [0.05, 0.1) is 6.04 Å². The Morgan fingerprint density at radius 1 is 1.09 bits per heavy atom. The Balaban J connectivity index is 1.70. The maximum atomic E-state index is 13.7. The number of para-hydroxylation sites is 1. The number of nitriles is 1. The normalized spacial score (nSPS) is 12.4. The summed E-state index contributed by atoms with van der Waals surface area (Å²) in [6.45, 7) is 4.32. The molecule has 4 aromatic rings. The van der Waals surface area contributed by atoms with Crippen LogP contribution in [0.15, 0.2) is 84.4 Å². The minimum atomic E-state index is -0.421. The highest BCUT2D eigenvalue weighted by Crippen LogP contribution is 2.29. The largest absolute Gasteiger partial charge is 0.345 e. The molecule has 0 radical (unpaired) electrons. The van der Waals surface area contributed by atoms with Crippen LogP contribution in [0.5, 0.6) is 0 Å². The quantitative estimate of drug-likeness (QED) is 0.301. The van der Waals surface area contributed by atoms with Crippen molar-refractivity contribution in [3.63, 3.8) is 0 Å². The highest BCUT2D eigenvalue weighted by atomic mass is 19.1. The van der Waals surface area contributed by atoms with Gasteiger partial charge in [-0.1, -0.05) is 60.7 Å². The van der Waals surface area contributed by atoms with Crippen LogP contribution in [0.3, 0.4) is 0 Å². The minimum absolute atomic E-state index is 0.0366. The first-order valence-corrected chi connectivity index (χ1v) is 10.8. The number of carbonyl (C=O) groups is 1. The number of rotatable bonds is 6. The Hall–Kier alpha value is -4.17. The number of hydrogen-bond donors (Lipinski definition) is 1. The molecular formula is C28H24FN3O. The lowest BCUT2D eigenvalue weighted by molar-refractivity contribution is -0.117. The van der Waals surface area contributed by atoms with Gasteiger partial charge < -0.3 is 9.88 Å². The van der Waals surface area contributed by atoms with E-state index >= 15 is 0 Å². The van der Waals surface area contributed by atoms with Crippen LogP contribution in [0.2, 0.25) is 0 Å². The summed E-state index contributed by atoms with van der Waals surface area (Å²) in [5, 5.41) is 13.6. The molecule has 33 heavy (non-hydrogen) atoms. The molecule has 0 fully saturated rings. The van der Waals surface area contributed by atoms with Crippen molar-refractivity contribution in [2.45, 2.75) is 26.4 Å². The van der Waals surface area contributed by atoms with Crippen molar-refractivity contribution in [1.82, 2.24) is 9.88 Å². The number of fused-ring (bicyclic) bond motifs is 1. The molecule has 0 saturated carbocycles. The molecule has 0 bridgehead atoms. The number of benzene rings is 3. The Morgan fingerprint density at radius 3 is 2.55 bits per heavy atom. The zero-order chi connectivity index (χ0) is 23.4. The Labute approximate surface area is 192 Å². The highest BCUT2D eigenvalue weighted by Gasteiger charge is 2.18. The van der Waals surface area contributed by atoms with Gasteiger partial charge in [0.15, 0.2) is 0 Å². The topological polar surface area (TPSA) is 57.8 Å². The Kier molecular flexibility index (Phi) is 6.37. The molecule has 1 N–H and O–H groups in total. The van der Waals surface area contributed by atoms with Gasteiger partial charge in [-0.05, 0) is 49.2 Å². The fourth-order valence-electron chi connectivity index (χ4n) is 4.05. The average molecular weight is 438 g/mol. The molecule has 4 nitrogen and oxygen atoms in total. The second-order valence-corrected chi connectivity index (χ2v) is 8.01. The van der Waals surface area contributed by atoms with Crippen LogP contribution >= 0.6 is 0 Å². The van der Waals surface area contributed by atoms with Crippen molar-refractivity contribution in [1.29, 1.82) is 5.26 Å². The first-order valence-electron chi connectivity index (χ1n) is 10.8. The summed E-state index contributed by atoms with van der Waals surface area (Å²) >= 11 is 0. The van der Waals surface area contributed by atoms with Crippen molar-refractivity contribution in [2.24, 2.45) is 0 Å². The van der Waals surface area contributed by atoms with Crippen molar-refractivity contribution in [3.05, 3.63) is 113 Å². The molecule has 1 amide bonds. The summed E-state index contributed by atoms with van der Waals surface area (Å²) in [6, 6.07) is 25.8. The minimum Gasteiger partial charge on any atom is -0.345 e. The smallest absolute Gasteiger partial charge is 0.262 e. The molecule has 0 unspecified atom stereocenters. The number of aromatic nitrogens is 1. The summed E-state index contributed by atoms with van der Waals surface area (Å²) < 4.78 is 15.8. The summed E-state index contributed by atoms with van der Waals surface area (Å²) in [5.41, 5.74) is 4.50. The number of amides is 1. The monoisotopic (exact) mass is 437 g/mol. The molecular weight excluding hydrogens is 413 g/mol. The van der Waals surface area contributed by atoms with Crippen molar-refractivity contribution in [2.75, 3.05) is 0 Å². The van der Waals surface area contributed by atoms with Gasteiger partial charge in [-0.3, -0.25) is 4.79 Å². The van der Waals surface area contributed by atoms with E-state index in [2.05, 4.69) is 16.0 Å². The summed E-state index contributed by atoms with van der Waals surface area (Å²) in [7, 11) is 0. The molecule has 1 aromatic heterocycles. The van der Waals surface area contributed by atoms with E-state index in [1.54, 1.807) is 12.1 Å². The average Bonchev–Trinajstić information content (AvgIpc) is 3.08. The predicted octanol–water partition coefficient (Wildman–Crippen LogP) is 5.92. The van der Waals surface area contributed by atoms with Gasteiger partial charge in [-0.15, -0.1) is 0 Å². The van der Waals surface area contributed by atoms with Crippen LogP contribution in [0.1, 0.15) is 35.3 Å². The van der Waals surface area contributed by atoms with Gasteiger partial charge in [-0.2, -0.15) is 5.26 Å². The molecule has 4 rings (SSSR count). The summed E-state index contributed by atoms with van der Waals surface area (Å²) in [6.07, 6.45) is 1.65. The lowest BCUT2D eigenvalue weighted by atomic mass is 10.1. The second kappa shape index (κ2) is 9.54. The zero-order valence-electron chi connectivity index (χ0n) is 18.5. The molecule has 0 aliphatic carbocycles. The zero-order valence-corrected chi connectivity index (χ0v) is 18.5. The van der Waals surface area contributed by atoms with Crippen molar-refractivity contribution < 1.29 is 9.18 Å². The van der Waals surface area contributed by atoms with E-state index in [-0.39, 0.29) is 17.4 Å². The number of halogens is 1. The van der Waals surface area contributed by atoms with E-state index in [0.717, 1.165) is 33.3 Å². The van der Waals surface area contributed by atoms with Gasteiger partial charge >= 0.3 is 0 Å². The first kappa shape index (κ1) is 22.0. The molecule has 164 valence electrons. The van der Waals surface area contributed by atoms with Crippen LogP contribution in [0.4, 0.5) is 4.39 Å². The van der Waals surface area contributed by atoms with E-state index in [4.69, 9.17) is 0 Å². The van der Waals surface area contributed by atoms with Gasteiger partial charge in [0.2, 0.25) is 0 Å². The van der Waals surface area contributed by atoms with Crippen LogP contribution in [-0.2, 0) is 11.3 Å². The molecule has 0 saturated heterocycles. The van der Waals surface area contributed by atoms with E-state index in [9.17, 15) is 14.4 Å². The molecule has 5 heteroatoms. The number of nitrogens with one attached hydrogen (secondary N) is 1. The molecule has 1 atom stereocenters. The maximum Gasteiger partial charge on any atom is 0.262 e. The van der Waals surface area contributed by atoms with E-state index in [1.165, 1.54) is 12.1 Å². The van der Waals surface area contributed by atoms with Gasteiger partial charge in [-0.25, -0.2) is 4.39 Å². The Bertz CT molecular complexity index is 1380. The molecule has 0 spiro atoms. The van der Waals surface area contributed by atoms with Gasteiger partial charge in [0.1, 0.15) is 17.5 Å². The fraction of sp³-hybridized carbons (Fsp3) is 0.143. The lowest BCUT2D eigenvalue weighted by Gasteiger charge is -2.13. The first-order chi connectivity index (χ1) is 16.0. The van der Waals surface area contributed by atoms with Gasteiger partial charge in [0, 0.05) is 28.7 Å². The van der Waals surface area contributed by atoms with Crippen LogP contribution < -0.4 is 5.32 Å². The molecule has 0 aliphatic rings. The number of carbonyl (C=O) groups excluding carboxylic acids is 1. The van der Waals surface area contributed by atoms with Crippen LogP contribution in [0, 0.1) is 24.1 Å². The lowest BCUT2D eigenvalue weighted by Crippen LogP contribution is -2.27. The third-order valence-corrected chi connectivity index (χ3v) is 5.81. The van der Waals surface area contributed by atoms with E-state index < -0.39 is 5.91 Å². The number of hydrogen-bond acceptors (Lipinski definition) is 2. The summed E-state index contributed by atoms with van der Waals surface area (Å²) in [4.78, 5) is 12.9. The van der Waals surface area contributed by atoms with Crippen LogP contribution in [-0.4, -0.2) is 10.5 Å². The van der Waals surface area contributed by atoms with E-state index in [0.29, 0.717) is 6.54 Å². The molecule has 1 heterocycles. The highest BCUT2D eigenvalue weighted by molar-refractivity contribution is 6.04. The van der Waals surface area contributed by atoms with E-state index in [1.807, 2.05) is 74.5 Å². The fourth-order valence-corrected chi connectivity index (χ4v) is 4.05. The van der Waals surface area contributed by atoms with Crippen molar-refractivity contribution in [3.8, 4) is 6.07 Å². The Morgan fingerprint density at radius 2 is 1.82 bits per heavy atom. The third kappa shape index (κ3) is 4.70. The van der Waals surface area contributed by atoms with Crippen molar-refractivity contribution >= 4 is 22.9 Å². The predicted molar refractivity (Wildman–Crippen MR) is 129 cm³/mol. The van der Waals surface area contributed by atoms with Crippen LogP contribution in [0.25, 0.3) is 17.0 Å². The van der Waals surface area contributed by atoms with Gasteiger partial charge in [0.25, 0.3) is 5.91 Å². The third-order valence-electron chi connectivity index (χ3n) is 5.81. The SMILES string of the molecule is Cc1c(/C=C(\C#N)C(=O)N[C@@H](C)c2ccccc2)c2ccccc2n1Cc1cccc(F)c1. The maximum absolute atomic E-state index is 13.7.